The van der Waals surface area contributed by atoms with Gasteiger partial charge in [0.25, 0.3) is 11.5 Å². The Morgan fingerprint density at radius 3 is 2.36 bits per heavy atom. The second-order valence-electron chi connectivity index (χ2n) is 7.09. The third-order valence-corrected chi connectivity index (χ3v) is 4.50. The van der Waals surface area contributed by atoms with Crippen LogP contribution < -0.4 is 10.9 Å². The number of nitrogens with one attached hydrogen (secondary N) is 1. The molecular formula is C20H25N5O3. The van der Waals surface area contributed by atoms with Crippen LogP contribution in [0.15, 0.2) is 47.3 Å². The SMILES string of the molecule is CC(C)NC(=O)CN1CCN(C(=O)c2ccc(=O)n(-c3ccccc3)n2)CC1. The first-order valence-electron chi connectivity index (χ1n) is 9.41. The van der Waals surface area contributed by atoms with E-state index in [9.17, 15) is 14.4 Å². The second-order valence-corrected chi connectivity index (χ2v) is 7.09. The molecule has 1 aromatic heterocycles. The van der Waals surface area contributed by atoms with Gasteiger partial charge < -0.3 is 10.2 Å². The zero-order valence-electron chi connectivity index (χ0n) is 16.2. The average Bonchev–Trinajstić information content (AvgIpc) is 2.68. The molecule has 2 heterocycles. The minimum absolute atomic E-state index is 0.00798. The molecule has 8 heteroatoms. The maximum absolute atomic E-state index is 12.8. The van der Waals surface area contributed by atoms with Crippen molar-refractivity contribution < 1.29 is 9.59 Å². The molecule has 1 fully saturated rings. The predicted molar refractivity (Wildman–Crippen MR) is 105 cm³/mol. The van der Waals surface area contributed by atoms with Crippen molar-refractivity contribution in [3.8, 4) is 5.69 Å². The number of nitrogens with zero attached hydrogens (tertiary/aromatic N) is 4. The Hall–Kier alpha value is -3.00. The fraction of sp³-hybridized carbons (Fsp3) is 0.400. The summed E-state index contributed by atoms with van der Waals surface area (Å²) in [5.74, 6) is -0.220. The maximum Gasteiger partial charge on any atom is 0.274 e. The number of rotatable bonds is 5. The van der Waals surface area contributed by atoms with Crippen LogP contribution >= 0.6 is 0 Å². The Labute approximate surface area is 163 Å². The summed E-state index contributed by atoms with van der Waals surface area (Å²) >= 11 is 0. The van der Waals surface area contributed by atoms with Crippen LogP contribution in [0.2, 0.25) is 0 Å². The fourth-order valence-electron chi connectivity index (χ4n) is 3.12. The van der Waals surface area contributed by atoms with Gasteiger partial charge in [-0.1, -0.05) is 18.2 Å². The lowest BCUT2D eigenvalue weighted by Gasteiger charge is -2.34. The minimum Gasteiger partial charge on any atom is -0.353 e. The molecule has 8 nitrogen and oxygen atoms in total. The van der Waals surface area contributed by atoms with Crippen LogP contribution in [0.1, 0.15) is 24.3 Å². The van der Waals surface area contributed by atoms with Crippen LogP contribution in [0, 0.1) is 0 Å². The highest BCUT2D eigenvalue weighted by atomic mass is 16.2. The molecule has 1 aromatic carbocycles. The van der Waals surface area contributed by atoms with Gasteiger partial charge >= 0.3 is 0 Å². The standard InChI is InChI=1S/C20H25N5O3/c1-15(2)21-18(26)14-23-10-12-24(13-11-23)20(28)17-8-9-19(27)25(22-17)16-6-4-3-5-7-16/h3-9,15H,10-14H2,1-2H3,(H,21,26). The normalized spacial score (nSPS) is 14.9. The van der Waals surface area contributed by atoms with Crippen molar-refractivity contribution in [2.24, 2.45) is 0 Å². The Morgan fingerprint density at radius 2 is 1.71 bits per heavy atom. The van der Waals surface area contributed by atoms with Gasteiger partial charge in [0, 0.05) is 38.3 Å². The number of carbonyl (C=O) groups excluding carboxylic acids is 2. The molecule has 0 unspecified atom stereocenters. The van der Waals surface area contributed by atoms with Crippen molar-refractivity contribution in [2.45, 2.75) is 19.9 Å². The predicted octanol–water partition coefficient (Wildman–Crippen LogP) is 0.515. The first kappa shape index (κ1) is 19.8. The molecule has 1 N–H and O–H groups in total. The molecule has 148 valence electrons. The van der Waals surface area contributed by atoms with Crippen LogP contribution in [0.5, 0.6) is 0 Å². The summed E-state index contributed by atoms with van der Waals surface area (Å²) in [7, 11) is 0. The van der Waals surface area contributed by atoms with Crippen molar-refractivity contribution in [3.05, 3.63) is 58.5 Å². The number of hydrogen-bond donors (Lipinski definition) is 1. The molecule has 0 aliphatic carbocycles. The van der Waals surface area contributed by atoms with E-state index < -0.39 is 0 Å². The van der Waals surface area contributed by atoms with Gasteiger partial charge in [-0.2, -0.15) is 9.78 Å². The van der Waals surface area contributed by atoms with Gasteiger partial charge in [0.1, 0.15) is 5.69 Å². The van der Waals surface area contributed by atoms with Gasteiger partial charge in [-0.15, -0.1) is 0 Å². The molecule has 0 bridgehead atoms. The number of piperazine rings is 1. The molecular weight excluding hydrogens is 358 g/mol. The maximum atomic E-state index is 12.8. The third-order valence-electron chi connectivity index (χ3n) is 4.50. The van der Waals surface area contributed by atoms with E-state index in [2.05, 4.69) is 10.4 Å². The first-order valence-corrected chi connectivity index (χ1v) is 9.41. The van der Waals surface area contributed by atoms with Crippen molar-refractivity contribution in [1.82, 2.24) is 24.9 Å². The Kier molecular flexibility index (Phi) is 6.20. The van der Waals surface area contributed by atoms with Crippen molar-refractivity contribution >= 4 is 11.8 Å². The number of carbonyl (C=O) groups is 2. The zero-order valence-corrected chi connectivity index (χ0v) is 16.2. The minimum atomic E-state index is -0.288. The highest BCUT2D eigenvalue weighted by Crippen LogP contribution is 2.08. The fourth-order valence-corrected chi connectivity index (χ4v) is 3.12. The molecule has 0 radical (unpaired) electrons. The molecule has 1 saturated heterocycles. The van der Waals surface area contributed by atoms with Gasteiger partial charge in [0.2, 0.25) is 5.91 Å². The quantitative estimate of drug-likeness (QED) is 0.813. The van der Waals surface area contributed by atoms with Crippen LogP contribution in [-0.4, -0.2) is 70.2 Å². The van der Waals surface area contributed by atoms with Crippen molar-refractivity contribution in [1.29, 1.82) is 0 Å². The average molecular weight is 383 g/mol. The number of benzene rings is 1. The molecule has 3 rings (SSSR count). The lowest BCUT2D eigenvalue weighted by atomic mass is 10.2. The van der Waals surface area contributed by atoms with E-state index in [4.69, 9.17) is 0 Å². The summed E-state index contributed by atoms with van der Waals surface area (Å²) in [6.07, 6.45) is 0. The third kappa shape index (κ3) is 4.83. The second kappa shape index (κ2) is 8.79. The van der Waals surface area contributed by atoms with Crippen LogP contribution in [0.25, 0.3) is 5.69 Å². The number of aromatic nitrogens is 2. The Bertz CT molecular complexity index is 886. The van der Waals surface area contributed by atoms with Crippen molar-refractivity contribution in [3.63, 3.8) is 0 Å². The van der Waals surface area contributed by atoms with E-state index in [1.54, 1.807) is 17.0 Å². The molecule has 1 aliphatic heterocycles. The molecule has 2 aromatic rings. The van der Waals surface area contributed by atoms with Gasteiger partial charge in [0.05, 0.1) is 12.2 Å². The Balaban J connectivity index is 1.64. The number of para-hydroxylation sites is 1. The molecule has 28 heavy (non-hydrogen) atoms. The lowest BCUT2D eigenvalue weighted by molar-refractivity contribution is -0.123. The molecule has 1 aliphatic rings. The summed E-state index contributed by atoms with van der Waals surface area (Å²) in [5, 5.41) is 7.13. The number of amides is 2. The summed E-state index contributed by atoms with van der Waals surface area (Å²) in [5.41, 5.74) is 0.557. The highest BCUT2D eigenvalue weighted by Gasteiger charge is 2.24. The van der Waals surface area contributed by atoms with E-state index >= 15 is 0 Å². The van der Waals surface area contributed by atoms with Crippen LogP contribution in [0.4, 0.5) is 0 Å². The summed E-state index contributed by atoms with van der Waals surface area (Å²) < 4.78 is 1.24. The van der Waals surface area contributed by atoms with Gasteiger partial charge in [-0.05, 0) is 32.0 Å². The van der Waals surface area contributed by atoms with Gasteiger partial charge in [-0.3, -0.25) is 19.3 Å². The van der Waals surface area contributed by atoms with Gasteiger partial charge in [0.15, 0.2) is 0 Å². The van der Waals surface area contributed by atoms with E-state index in [0.717, 1.165) is 0 Å². The van der Waals surface area contributed by atoms with Crippen LogP contribution in [-0.2, 0) is 4.79 Å². The van der Waals surface area contributed by atoms with Crippen LogP contribution in [0.3, 0.4) is 0 Å². The summed E-state index contributed by atoms with van der Waals surface area (Å²) in [6.45, 7) is 6.45. The summed E-state index contributed by atoms with van der Waals surface area (Å²) in [6, 6.07) is 11.9. The number of hydrogen-bond acceptors (Lipinski definition) is 5. The smallest absolute Gasteiger partial charge is 0.274 e. The van der Waals surface area contributed by atoms with Crippen molar-refractivity contribution in [2.75, 3.05) is 32.7 Å². The monoisotopic (exact) mass is 383 g/mol. The summed E-state index contributed by atoms with van der Waals surface area (Å²) in [4.78, 5) is 40.6. The van der Waals surface area contributed by atoms with E-state index in [-0.39, 0.29) is 29.1 Å². The largest absolute Gasteiger partial charge is 0.353 e. The molecule has 0 saturated carbocycles. The lowest BCUT2D eigenvalue weighted by Crippen LogP contribution is -2.51. The molecule has 2 amide bonds. The van der Waals surface area contributed by atoms with Gasteiger partial charge in [-0.25, -0.2) is 0 Å². The highest BCUT2D eigenvalue weighted by molar-refractivity contribution is 5.92. The van der Waals surface area contributed by atoms with E-state index in [0.29, 0.717) is 38.4 Å². The molecule has 0 spiro atoms. The van der Waals surface area contributed by atoms with E-state index in [1.165, 1.54) is 16.8 Å². The zero-order chi connectivity index (χ0) is 20.1. The first-order chi connectivity index (χ1) is 13.4. The van der Waals surface area contributed by atoms with E-state index in [1.807, 2.05) is 36.9 Å². The molecule has 0 atom stereocenters. The Morgan fingerprint density at radius 1 is 1.04 bits per heavy atom. The topological polar surface area (TPSA) is 87.5 Å².